The van der Waals surface area contributed by atoms with Crippen LogP contribution in [0.2, 0.25) is 5.02 Å². The van der Waals surface area contributed by atoms with E-state index in [0.717, 1.165) is 23.9 Å². The molecule has 0 radical (unpaired) electrons. The molecule has 0 aliphatic rings. The lowest BCUT2D eigenvalue weighted by Gasteiger charge is -2.07. The first-order chi connectivity index (χ1) is 8.61. The summed E-state index contributed by atoms with van der Waals surface area (Å²) in [5.41, 5.74) is 0.372. The Hall–Kier alpha value is -1.39. The molecule has 0 amide bonds. The van der Waals surface area contributed by atoms with Gasteiger partial charge in [0.25, 0.3) is 0 Å². The average Bonchev–Trinajstić information content (AvgIpc) is 2.34. The predicted octanol–water partition coefficient (Wildman–Crippen LogP) is 4.58. The fourth-order valence-electron chi connectivity index (χ4n) is 1.39. The van der Waals surface area contributed by atoms with Crippen LogP contribution in [-0.4, -0.2) is 6.29 Å². The van der Waals surface area contributed by atoms with E-state index >= 15 is 0 Å². The van der Waals surface area contributed by atoms with Crippen molar-refractivity contribution in [3.05, 3.63) is 58.6 Å². The maximum Gasteiger partial charge on any atom is 0.151 e. The molecular formula is C13H7ClF2OS. The number of halogens is 3. The van der Waals surface area contributed by atoms with Gasteiger partial charge in [-0.15, -0.1) is 0 Å². The van der Waals surface area contributed by atoms with E-state index in [1.54, 1.807) is 18.2 Å². The first-order valence-corrected chi connectivity index (χ1v) is 6.18. The Morgan fingerprint density at radius 1 is 1.17 bits per heavy atom. The highest BCUT2D eigenvalue weighted by Gasteiger charge is 2.11. The molecule has 0 heterocycles. The highest BCUT2D eigenvalue weighted by Crippen LogP contribution is 2.36. The molecule has 0 saturated heterocycles. The lowest BCUT2D eigenvalue weighted by atomic mass is 10.2. The summed E-state index contributed by atoms with van der Waals surface area (Å²) in [5, 5.41) is 0.355. The van der Waals surface area contributed by atoms with E-state index < -0.39 is 11.6 Å². The first kappa shape index (κ1) is 13.1. The summed E-state index contributed by atoms with van der Waals surface area (Å²) in [6.45, 7) is 0. The van der Waals surface area contributed by atoms with Gasteiger partial charge in [-0.3, -0.25) is 4.79 Å². The van der Waals surface area contributed by atoms with Crippen LogP contribution in [0.4, 0.5) is 8.78 Å². The highest BCUT2D eigenvalue weighted by molar-refractivity contribution is 7.99. The summed E-state index contributed by atoms with van der Waals surface area (Å²) in [7, 11) is 0. The van der Waals surface area contributed by atoms with Crippen LogP contribution in [-0.2, 0) is 0 Å². The second kappa shape index (κ2) is 5.50. The molecule has 2 aromatic carbocycles. The van der Waals surface area contributed by atoms with Gasteiger partial charge in [0.2, 0.25) is 0 Å². The zero-order valence-electron chi connectivity index (χ0n) is 8.99. The van der Waals surface area contributed by atoms with Crippen molar-refractivity contribution in [3.8, 4) is 0 Å². The Morgan fingerprint density at radius 3 is 2.61 bits per heavy atom. The van der Waals surface area contributed by atoms with Gasteiger partial charge in [-0.05, 0) is 18.2 Å². The molecular weight excluding hydrogens is 278 g/mol. The Morgan fingerprint density at radius 2 is 1.94 bits per heavy atom. The van der Waals surface area contributed by atoms with E-state index in [-0.39, 0.29) is 4.90 Å². The number of benzene rings is 2. The molecule has 0 spiro atoms. The molecule has 5 heteroatoms. The van der Waals surface area contributed by atoms with Crippen molar-refractivity contribution in [1.29, 1.82) is 0 Å². The van der Waals surface area contributed by atoms with Crippen molar-refractivity contribution in [2.75, 3.05) is 0 Å². The topological polar surface area (TPSA) is 17.1 Å². The molecule has 2 rings (SSSR count). The molecule has 0 bridgehead atoms. The third-order valence-corrected chi connectivity index (χ3v) is 3.87. The van der Waals surface area contributed by atoms with E-state index in [1.165, 1.54) is 6.07 Å². The quantitative estimate of drug-likeness (QED) is 0.767. The Balaban J connectivity index is 2.42. The minimum atomic E-state index is -0.684. The molecule has 0 unspecified atom stereocenters. The van der Waals surface area contributed by atoms with Gasteiger partial charge in [-0.25, -0.2) is 8.78 Å². The van der Waals surface area contributed by atoms with E-state index in [9.17, 15) is 13.6 Å². The third-order valence-electron chi connectivity index (χ3n) is 2.23. The number of hydrogen-bond acceptors (Lipinski definition) is 2. The van der Waals surface area contributed by atoms with Gasteiger partial charge in [-0.2, -0.15) is 0 Å². The average molecular weight is 285 g/mol. The van der Waals surface area contributed by atoms with Gasteiger partial charge in [0, 0.05) is 21.4 Å². The van der Waals surface area contributed by atoms with Crippen LogP contribution in [0.15, 0.2) is 46.2 Å². The molecule has 0 saturated carbocycles. The van der Waals surface area contributed by atoms with Crippen molar-refractivity contribution < 1.29 is 13.6 Å². The second-order valence-electron chi connectivity index (χ2n) is 3.45. The van der Waals surface area contributed by atoms with Crippen molar-refractivity contribution in [2.24, 2.45) is 0 Å². The van der Waals surface area contributed by atoms with Crippen LogP contribution in [0.3, 0.4) is 0 Å². The predicted molar refractivity (Wildman–Crippen MR) is 67.3 cm³/mol. The van der Waals surface area contributed by atoms with Crippen LogP contribution < -0.4 is 0 Å². The van der Waals surface area contributed by atoms with Crippen molar-refractivity contribution in [1.82, 2.24) is 0 Å². The lowest BCUT2D eigenvalue weighted by molar-refractivity contribution is 0.112. The monoisotopic (exact) mass is 284 g/mol. The van der Waals surface area contributed by atoms with Gasteiger partial charge in [0.15, 0.2) is 6.29 Å². The van der Waals surface area contributed by atoms with Crippen molar-refractivity contribution in [3.63, 3.8) is 0 Å². The summed E-state index contributed by atoms with van der Waals surface area (Å²) in [6.07, 6.45) is 0.648. The maximum atomic E-state index is 13.5. The first-order valence-electron chi connectivity index (χ1n) is 4.98. The molecule has 1 nitrogen and oxygen atoms in total. The molecule has 0 aromatic heterocycles. The number of hydrogen-bond donors (Lipinski definition) is 0. The van der Waals surface area contributed by atoms with Gasteiger partial charge in [-0.1, -0.05) is 35.5 Å². The SMILES string of the molecule is O=Cc1cccc(Cl)c1Sc1ccc(F)cc1F. The summed E-state index contributed by atoms with van der Waals surface area (Å²) >= 11 is 6.96. The fraction of sp³-hybridized carbons (Fsp3) is 0. The van der Waals surface area contributed by atoms with Gasteiger partial charge < -0.3 is 0 Å². The summed E-state index contributed by atoms with van der Waals surface area (Å²) < 4.78 is 26.3. The zero-order valence-corrected chi connectivity index (χ0v) is 10.6. The van der Waals surface area contributed by atoms with Crippen LogP contribution in [0.1, 0.15) is 10.4 Å². The summed E-state index contributed by atoms with van der Waals surface area (Å²) in [6, 6.07) is 8.09. The molecule has 0 aliphatic heterocycles. The Labute approximate surface area is 112 Å². The van der Waals surface area contributed by atoms with Crippen molar-refractivity contribution >= 4 is 29.6 Å². The van der Waals surface area contributed by atoms with Gasteiger partial charge >= 0.3 is 0 Å². The van der Waals surface area contributed by atoms with E-state index in [4.69, 9.17) is 11.6 Å². The Kier molecular flexibility index (Phi) is 3.99. The molecule has 0 atom stereocenters. The molecule has 2 aromatic rings. The minimum absolute atomic E-state index is 0.215. The van der Waals surface area contributed by atoms with E-state index in [1.807, 2.05) is 0 Å². The molecule has 0 fully saturated rings. The number of carbonyl (C=O) groups is 1. The summed E-state index contributed by atoms with van der Waals surface area (Å²) in [4.78, 5) is 11.6. The number of rotatable bonds is 3. The molecule has 0 aliphatic carbocycles. The lowest BCUT2D eigenvalue weighted by Crippen LogP contribution is -1.88. The smallest absolute Gasteiger partial charge is 0.151 e. The Bertz CT molecular complexity index is 602. The van der Waals surface area contributed by atoms with Crippen molar-refractivity contribution in [2.45, 2.75) is 9.79 Å². The zero-order chi connectivity index (χ0) is 13.1. The third kappa shape index (κ3) is 2.71. The number of carbonyl (C=O) groups excluding carboxylic acids is 1. The largest absolute Gasteiger partial charge is 0.298 e. The second-order valence-corrected chi connectivity index (χ2v) is 4.91. The van der Waals surface area contributed by atoms with Crippen LogP contribution in [0, 0.1) is 11.6 Å². The van der Waals surface area contributed by atoms with E-state index in [0.29, 0.717) is 21.8 Å². The van der Waals surface area contributed by atoms with Crippen LogP contribution in [0.25, 0.3) is 0 Å². The summed E-state index contributed by atoms with van der Waals surface area (Å²) in [5.74, 6) is -1.33. The van der Waals surface area contributed by atoms with Crippen LogP contribution in [0.5, 0.6) is 0 Å². The van der Waals surface area contributed by atoms with Gasteiger partial charge in [0.1, 0.15) is 11.6 Å². The normalized spacial score (nSPS) is 10.4. The molecule has 0 N–H and O–H groups in total. The highest BCUT2D eigenvalue weighted by atomic mass is 35.5. The standard InChI is InChI=1S/C13H7ClF2OS/c14-10-3-1-2-8(7-17)13(10)18-12-5-4-9(15)6-11(12)16/h1-7H. The van der Waals surface area contributed by atoms with Gasteiger partial charge in [0.05, 0.1) is 5.02 Å². The molecule has 18 heavy (non-hydrogen) atoms. The fourth-order valence-corrected chi connectivity index (χ4v) is 2.60. The maximum absolute atomic E-state index is 13.5. The number of aldehydes is 1. The molecule has 92 valence electrons. The minimum Gasteiger partial charge on any atom is -0.298 e. The van der Waals surface area contributed by atoms with E-state index in [2.05, 4.69) is 0 Å². The van der Waals surface area contributed by atoms with Crippen LogP contribution >= 0.6 is 23.4 Å².